The van der Waals surface area contributed by atoms with Crippen LogP contribution in [-0.2, 0) is 11.2 Å². The van der Waals surface area contributed by atoms with Gasteiger partial charge in [-0.1, -0.05) is 0 Å². The number of ether oxygens (including phenoxy) is 1. The van der Waals surface area contributed by atoms with E-state index in [1.165, 1.54) is 11.3 Å². The summed E-state index contributed by atoms with van der Waals surface area (Å²) in [6, 6.07) is 6.51. The van der Waals surface area contributed by atoms with Crippen LogP contribution in [0, 0.1) is 0 Å². The molecule has 0 saturated heterocycles. The Morgan fingerprint density at radius 3 is 2.61 bits per heavy atom. The number of carbonyl (C=O) groups excluding carboxylic acids is 2. The normalized spacial score (nSPS) is 9.83. The molecule has 2 rings (SSSR count). The van der Waals surface area contributed by atoms with Gasteiger partial charge in [0, 0.05) is 17.5 Å². The van der Waals surface area contributed by atoms with Crippen molar-refractivity contribution >= 4 is 41.3 Å². The van der Waals surface area contributed by atoms with E-state index in [2.05, 4.69) is 10.3 Å². The number of carbonyl (C=O) groups is 2. The van der Waals surface area contributed by atoms with Crippen LogP contribution in [-0.4, -0.2) is 30.0 Å². The highest BCUT2D eigenvalue weighted by atomic mass is 35.5. The van der Waals surface area contributed by atoms with Crippen LogP contribution >= 0.6 is 23.7 Å². The fourth-order valence-corrected chi connectivity index (χ4v) is 2.55. The summed E-state index contributed by atoms with van der Waals surface area (Å²) >= 11 is 1.41. The largest absolute Gasteiger partial charge is 0.462 e. The summed E-state index contributed by atoms with van der Waals surface area (Å²) in [7, 11) is 0. The van der Waals surface area contributed by atoms with Crippen LogP contribution < -0.4 is 11.1 Å². The van der Waals surface area contributed by atoms with Crippen LogP contribution in [0.15, 0.2) is 29.6 Å². The smallest absolute Gasteiger partial charge is 0.338 e. The minimum absolute atomic E-state index is 0. The zero-order valence-electron chi connectivity index (χ0n) is 12.6. The molecular weight excluding hydrogens is 338 g/mol. The van der Waals surface area contributed by atoms with Crippen molar-refractivity contribution < 1.29 is 14.3 Å². The monoisotopic (exact) mass is 355 g/mol. The molecule has 1 amide bonds. The third-order valence-corrected chi connectivity index (χ3v) is 3.71. The number of amides is 1. The van der Waals surface area contributed by atoms with Crippen molar-refractivity contribution in [2.45, 2.75) is 13.3 Å². The Labute approximate surface area is 144 Å². The quantitative estimate of drug-likeness (QED) is 0.776. The van der Waals surface area contributed by atoms with Crippen LogP contribution in [0.2, 0.25) is 0 Å². The van der Waals surface area contributed by atoms with Gasteiger partial charge in [0.15, 0.2) is 0 Å². The number of anilines is 1. The number of hydrogen-bond donors (Lipinski definition) is 2. The van der Waals surface area contributed by atoms with Gasteiger partial charge in [0.05, 0.1) is 17.2 Å². The van der Waals surface area contributed by atoms with E-state index in [9.17, 15) is 9.59 Å². The van der Waals surface area contributed by atoms with Gasteiger partial charge in [-0.05, 0) is 37.7 Å². The maximum atomic E-state index is 12.1. The lowest BCUT2D eigenvalue weighted by Crippen LogP contribution is -2.13. The molecule has 1 heterocycles. The molecule has 0 bridgehead atoms. The average molecular weight is 356 g/mol. The molecule has 0 saturated carbocycles. The van der Waals surface area contributed by atoms with Crippen molar-refractivity contribution in [3.63, 3.8) is 0 Å². The number of hydrogen-bond acceptors (Lipinski definition) is 6. The minimum atomic E-state index is -0.383. The molecular formula is C15H18ClN3O3S. The Kier molecular flexibility index (Phi) is 7.67. The SMILES string of the molecule is CCOC(=O)c1ccc(NC(=O)c2csc(CCN)n2)cc1.Cl. The molecule has 0 aliphatic heterocycles. The zero-order valence-corrected chi connectivity index (χ0v) is 14.2. The van der Waals surface area contributed by atoms with Gasteiger partial charge in [-0.2, -0.15) is 0 Å². The molecule has 0 spiro atoms. The standard InChI is InChI=1S/C15H17N3O3S.ClH/c1-2-21-15(20)10-3-5-11(6-4-10)17-14(19)12-9-22-13(18-12)7-8-16;/h3-6,9H,2,7-8,16H2,1H3,(H,17,19);1H. The Bertz CT molecular complexity index is 658. The molecule has 0 aliphatic rings. The van der Waals surface area contributed by atoms with Gasteiger partial charge in [0.1, 0.15) is 5.69 Å². The lowest BCUT2D eigenvalue weighted by atomic mass is 10.2. The van der Waals surface area contributed by atoms with Gasteiger partial charge in [0.2, 0.25) is 0 Å². The molecule has 0 atom stereocenters. The van der Waals surface area contributed by atoms with Crippen LogP contribution in [0.1, 0.15) is 32.8 Å². The van der Waals surface area contributed by atoms with E-state index in [-0.39, 0.29) is 24.3 Å². The first-order chi connectivity index (χ1) is 10.6. The van der Waals surface area contributed by atoms with Crippen LogP contribution in [0.4, 0.5) is 5.69 Å². The number of aromatic nitrogens is 1. The molecule has 0 radical (unpaired) electrons. The lowest BCUT2D eigenvalue weighted by molar-refractivity contribution is 0.0526. The van der Waals surface area contributed by atoms with Gasteiger partial charge in [-0.25, -0.2) is 9.78 Å². The van der Waals surface area contributed by atoms with Gasteiger partial charge in [-0.15, -0.1) is 23.7 Å². The minimum Gasteiger partial charge on any atom is -0.462 e. The molecule has 0 fully saturated rings. The van der Waals surface area contributed by atoms with Crippen molar-refractivity contribution in [3.05, 3.63) is 45.9 Å². The van der Waals surface area contributed by atoms with Crippen molar-refractivity contribution in [2.75, 3.05) is 18.5 Å². The fourth-order valence-electron chi connectivity index (χ4n) is 1.75. The van der Waals surface area contributed by atoms with Crippen LogP contribution in [0.3, 0.4) is 0 Å². The summed E-state index contributed by atoms with van der Waals surface area (Å²) in [6.07, 6.45) is 0.659. The highest BCUT2D eigenvalue weighted by Gasteiger charge is 2.11. The Morgan fingerprint density at radius 2 is 2.00 bits per heavy atom. The summed E-state index contributed by atoms with van der Waals surface area (Å²) in [5.41, 5.74) is 6.85. The van der Waals surface area contributed by atoms with E-state index >= 15 is 0 Å². The number of benzene rings is 1. The van der Waals surface area contributed by atoms with Crippen LogP contribution in [0.25, 0.3) is 0 Å². The molecule has 2 aromatic rings. The molecule has 1 aromatic heterocycles. The second-order valence-corrected chi connectivity index (χ2v) is 5.36. The van der Waals surface area contributed by atoms with Crippen LogP contribution in [0.5, 0.6) is 0 Å². The molecule has 1 aromatic carbocycles. The number of rotatable bonds is 6. The van der Waals surface area contributed by atoms with Crippen molar-refractivity contribution in [1.29, 1.82) is 0 Å². The second kappa shape index (κ2) is 9.24. The van der Waals surface area contributed by atoms with Crippen molar-refractivity contribution in [1.82, 2.24) is 4.98 Å². The fraction of sp³-hybridized carbons (Fsp3) is 0.267. The Balaban J connectivity index is 0.00000264. The number of esters is 1. The first-order valence-corrected chi connectivity index (χ1v) is 7.75. The summed E-state index contributed by atoms with van der Waals surface area (Å²) in [5, 5.41) is 5.27. The highest BCUT2D eigenvalue weighted by molar-refractivity contribution is 7.09. The average Bonchev–Trinajstić information content (AvgIpc) is 2.97. The number of halogens is 1. The molecule has 3 N–H and O–H groups in total. The van der Waals surface area contributed by atoms with E-state index in [0.29, 0.717) is 36.5 Å². The van der Waals surface area contributed by atoms with Gasteiger partial charge < -0.3 is 15.8 Å². The van der Waals surface area contributed by atoms with Crippen molar-refractivity contribution in [2.24, 2.45) is 5.73 Å². The first-order valence-electron chi connectivity index (χ1n) is 6.87. The van der Waals surface area contributed by atoms with Gasteiger partial charge in [-0.3, -0.25) is 4.79 Å². The lowest BCUT2D eigenvalue weighted by Gasteiger charge is -2.05. The van der Waals surface area contributed by atoms with E-state index in [1.54, 1.807) is 36.6 Å². The number of thiazole rings is 1. The summed E-state index contributed by atoms with van der Waals surface area (Å²) < 4.78 is 4.90. The predicted octanol–water partition coefficient (Wildman–Crippen LogP) is 2.50. The van der Waals surface area contributed by atoms with Gasteiger partial charge >= 0.3 is 5.97 Å². The first kappa shape index (κ1) is 19.1. The van der Waals surface area contributed by atoms with E-state index in [1.807, 2.05) is 0 Å². The summed E-state index contributed by atoms with van der Waals surface area (Å²) in [5.74, 6) is -0.672. The number of nitrogens with zero attached hydrogens (tertiary/aromatic N) is 1. The molecule has 0 unspecified atom stereocenters. The maximum Gasteiger partial charge on any atom is 0.338 e. The molecule has 23 heavy (non-hydrogen) atoms. The molecule has 6 nitrogen and oxygen atoms in total. The maximum absolute atomic E-state index is 12.1. The molecule has 124 valence electrons. The number of nitrogens with one attached hydrogen (secondary N) is 1. The summed E-state index contributed by atoms with van der Waals surface area (Å²) in [6.45, 7) is 2.58. The van der Waals surface area contributed by atoms with Gasteiger partial charge in [0.25, 0.3) is 5.91 Å². The second-order valence-electron chi connectivity index (χ2n) is 4.42. The zero-order chi connectivity index (χ0) is 15.9. The topological polar surface area (TPSA) is 94.3 Å². The third-order valence-electron chi connectivity index (χ3n) is 2.80. The van der Waals surface area contributed by atoms with E-state index in [4.69, 9.17) is 10.5 Å². The predicted molar refractivity (Wildman–Crippen MR) is 92.5 cm³/mol. The Hall–Kier alpha value is -1.96. The highest BCUT2D eigenvalue weighted by Crippen LogP contribution is 2.14. The Morgan fingerprint density at radius 1 is 1.30 bits per heavy atom. The third kappa shape index (κ3) is 5.31. The number of nitrogens with two attached hydrogens (primary N) is 1. The molecule has 8 heteroatoms. The van der Waals surface area contributed by atoms with E-state index in [0.717, 1.165) is 5.01 Å². The molecule has 0 aliphatic carbocycles. The summed E-state index contributed by atoms with van der Waals surface area (Å²) in [4.78, 5) is 27.8. The van der Waals surface area contributed by atoms with Crippen molar-refractivity contribution in [3.8, 4) is 0 Å². The van der Waals surface area contributed by atoms with E-state index < -0.39 is 0 Å².